The maximum atomic E-state index is 12.5. The molecule has 2 saturated heterocycles. The number of aliphatic hydroxyl groups excluding tert-OH is 1. The fourth-order valence-corrected chi connectivity index (χ4v) is 4.17. The summed E-state index contributed by atoms with van der Waals surface area (Å²) in [6, 6.07) is 10.6. The first kappa shape index (κ1) is 18.2. The van der Waals surface area contributed by atoms with Gasteiger partial charge in [-0.1, -0.05) is 30.3 Å². The smallest absolute Gasteiger partial charge is 0.316 e. The number of benzene rings is 1. The van der Waals surface area contributed by atoms with E-state index in [1.807, 2.05) is 30.3 Å². The minimum atomic E-state index is -0.566. The molecule has 0 saturated carbocycles. The molecule has 1 aromatic carbocycles. The van der Waals surface area contributed by atoms with Gasteiger partial charge in [0.2, 0.25) is 0 Å². The minimum Gasteiger partial charge on any atom is -1.00 e. The van der Waals surface area contributed by atoms with E-state index in [1.165, 1.54) is 12.8 Å². The molecular weight excluding hydrogens is 314 g/mol. The standard InChI is InChI=1S/C18H26NO3.ClH/c1-19(2)14-8-9-15(19)11-16(10-14)22-18(21)17(12-20)13-6-4-3-5-7-13;/h3-7,14-17,20H,8-12H2,1-2H3;1H/q+1;/p-1/t14-,15+,16?,17?;. The van der Waals surface area contributed by atoms with Gasteiger partial charge in [0.15, 0.2) is 0 Å². The molecule has 2 aliphatic heterocycles. The summed E-state index contributed by atoms with van der Waals surface area (Å²) < 4.78 is 6.83. The Morgan fingerprint density at radius 3 is 2.30 bits per heavy atom. The van der Waals surface area contributed by atoms with Crippen LogP contribution >= 0.6 is 0 Å². The molecule has 0 aliphatic carbocycles. The summed E-state index contributed by atoms with van der Waals surface area (Å²) in [7, 11) is 4.59. The molecule has 0 radical (unpaired) electrons. The van der Waals surface area contributed by atoms with E-state index in [1.54, 1.807) is 0 Å². The van der Waals surface area contributed by atoms with E-state index in [0.29, 0.717) is 12.1 Å². The number of hydrogen-bond donors (Lipinski definition) is 1. The number of ether oxygens (including phenoxy) is 1. The number of halogens is 1. The van der Waals surface area contributed by atoms with Gasteiger partial charge >= 0.3 is 5.97 Å². The zero-order valence-electron chi connectivity index (χ0n) is 13.8. The summed E-state index contributed by atoms with van der Waals surface area (Å²) in [5.74, 6) is -0.853. The third-order valence-electron chi connectivity index (χ3n) is 5.74. The zero-order valence-corrected chi connectivity index (χ0v) is 14.6. The molecule has 23 heavy (non-hydrogen) atoms. The summed E-state index contributed by atoms with van der Waals surface area (Å²) in [5, 5.41) is 9.57. The predicted octanol–water partition coefficient (Wildman–Crippen LogP) is -0.920. The maximum Gasteiger partial charge on any atom is 0.316 e. The molecule has 1 aromatic rings. The van der Waals surface area contributed by atoms with Crippen molar-refractivity contribution in [1.29, 1.82) is 0 Å². The highest BCUT2D eigenvalue weighted by atomic mass is 35.5. The first-order chi connectivity index (χ1) is 10.5. The van der Waals surface area contributed by atoms with Crippen LogP contribution in [0.4, 0.5) is 0 Å². The van der Waals surface area contributed by atoms with Crippen molar-refractivity contribution in [3.8, 4) is 0 Å². The second-order valence-corrected chi connectivity index (χ2v) is 7.19. The highest BCUT2D eigenvalue weighted by Gasteiger charge is 2.50. The van der Waals surface area contributed by atoms with E-state index < -0.39 is 5.92 Å². The molecule has 3 rings (SSSR count). The highest BCUT2D eigenvalue weighted by molar-refractivity contribution is 5.78. The Balaban J connectivity index is 0.00000192. The number of quaternary nitrogens is 1. The van der Waals surface area contributed by atoms with Crippen molar-refractivity contribution in [3.63, 3.8) is 0 Å². The van der Waals surface area contributed by atoms with Crippen molar-refractivity contribution in [3.05, 3.63) is 35.9 Å². The van der Waals surface area contributed by atoms with E-state index in [0.717, 1.165) is 22.9 Å². The van der Waals surface area contributed by atoms with E-state index in [9.17, 15) is 9.90 Å². The predicted molar refractivity (Wildman–Crippen MR) is 84.3 cm³/mol. The van der Waals surface area contributed by atoms with Gasteiger partial charge in [0, 0.05) is 25.7 Å². The van der Waals surface area contributed by atoms with Gasteiger partial charge in [-0.3, -0.25) is 4.79 Å². The highest BCUT2D eigenvalue weighted by Crippen LogP contribution is 2.40. The van der Waals surface area contributed by atoms with Gasteiger partial charge < -0.3 is 26.7 Å². The van der Waals surface area contributed by atoms with Gasteiger partial charge in [0.05, 0.1) is 32.8 Å². The summed E-state index contributed by atoms with van der Waals surface area (Å²) in [5.41, 5.74) is 0.824. The number of nitrogens with zero attached hydrogens (tertiary/aromatic N) is 1. The molecule has 2 bridgehead atoms. The molecular formula is C18H26ClNO3. The minimum absolute atomic E-state index is 0. The second-order valence-electron chi connectivity index (χ2n) is 7.19. The lowest BCUT2D eigenvalue weighted by atomic mass is 9.96. The molecule has 4 atom stereocenters. The molecule has 0 aromatic heterocycles. The van der Waals surface area contributed by atoms with Crippen molar-refractivity contribution >= 4 is 5.97 Å². The van der Waals surface area contributed by atoms with E-state index >= 15 is 0 Å². The first-order valence-corrected chi connectivity index (χ1v) is 8.22. The lowest BCUT2D eigenvalue weighted by Crippen LogP contribution is -3.00. The average Bonchev–Trinajstić information content (AvgIpc) is 2.68. The van der Waals surface area contributed by atoms with Gasteiger partial charge in [-0.25, -0.2) is 0 Å². The van der Waals surface area contributed by atoms with Gasteiger partial charge in [-0.05, 0) is 5.56 Å². The number of carbonyl (C=O) groups is 1. The molecule has 0 amide bonds. The van der Waals surface area contributed by atoms with Crippen molar-refractivity contribution < 1.29 is 31.5 Å². The van der Waals surface area contributed by atoms with Gasteiger partial charge in [-0.15, -0.1) is 0 Å². The molecule has 128 valence electrons. The van der Waals surface area contributed by atoms with Crippen LogP contribution in [0.1, 0.15) is 37.2 Å². The van der Waals surface area contributed by atoms with Crippen molar-refractivity contribution in [2.24, 2.45) is 0 Å². The number of aliphatic hydroxyl groups is 1. The Bertz CT molecular complexity index is 518. The van der Waals surface area contributed by atoms with Crippen LogP contribution < -0.4 is 12.4 Å². The third-order valence-corrected chi connectivity index (χ3v) is 5.74. The SMILES string of the molecule is C[N+]1(C)[C@@H]2CC[C@H]1CC(OC(=O)C(CO)c1ccccc1)C2.[Cl-]. The summed E-state index contributed by atoms with van der Waals surface area (Å²) >= 11 is 0. The Morgan fingerprint density at radius 1 is 1.22 bits per heavy atom. The van der Waals surface area contributed by atoms with Crippen LogP contribution in [0.2, 0.25) is 0 Å². The molecule has 2 fully saturated rings. The molecule has 2 unspecified atom stereocenters. The van der Waals surface area contributed by atoms with Crippen molar-refractivity contribution in [2.45, 2.75) is 49.8 Å². The van der Waals surface area contributed by atoms with Crippen LogP contribution in [0.5, 0.6) is 0 Å². The van der Waals surface area contributed by atoms with Crippen molar-refractivity contribution in [2.75, 3.05) is 20.7 Å². The van der Waals surface area contributed by atoms with E-state index in [4.69, 9.17) is 4.74 Å². The summed E-state index contributed by atoms with van der Waals surface area (Å²) in [6.45, 7) is -0.204. The second kappa shape index (κ2) is 7.20. The lowest BCUT2D eigenvalue weighted by Gasteiger charge is -2.44. The molecule has 4 nitrogen and oxygen atoms in total. The fraction of sp³-hybridized carbons (Fsp3) is 0.611. The Kier molecular flexibility index (Phi) is 5.71. The Morgan fingerprint density at radius 2 is 1.78 bits per heavy atom. The summed E-state index contributed by atoms with van der Waals surface area (Å²) in [4.78, 5) is 12.5. The van der Waals surface area contributed by atoms with Crippen LogP contribution in [0.15, 0.2) is 30.3 Å². The van der Waals surface area contributed by atoms with Crippen LogP contribution in [0.3, 0.4) is 0 Å². The largest absolute Gasteiger partial charge is 1.00 e. The lowest BCUT2D eigenvalue weighted by molar-refractivity contribution is -0.931. The van der Waals surface area contributed by atoms with E-state index in [-0.39, 0.29) is 31.1 Å². The monoisotopic (exact) mass is 339 g/mol. The molecule has 1 N–H and O–H groups in total. The van der Waals surface area contributed by atoms with Crippen LogP contribution in [-0.4, -0.2) is 54.4 Å². The molecule has 0 spiro atoms. The van der Waals surface area contributed by atoms with Crippen LogP contribution in [-0.2, 0) is 9.53 Å². The number of fused-ring (bicyclic) bond motifs is 2. The molecule has 5 heteroatoms. The quantitative estimate of drug-likeness (QED) is 0.570. The molecule has 2 aliphatic rings. The Labute approximate surface area is 144 Å². The molecule has 2 heterocycles. The van der Waals surface area contributed by atoms with Gasteiger partial charge in [0.25, 0.3) is 0 Å². The zero-order chi connectivity index (χ0) is 15.7. The van der Waals surface area contributed by atoms with Crippen molar-refractivity contribution in [1.82, 2.24) is 0 Å². The van der Waals surface area contributed by atoms with Gasteiger partial charge in [0.1, 0.15) is 12.0 Å². The third kappa shape index (κ3) is 3.54. The van der Waals surface area contributed by atoms with Gasteiger partial charge in [-0.2, -0.15) is 0 Å². The number of esters is 1. The van der Waals surface area contributed by atoms with Crippen LogP contribution in [0, 0.1) is 0 Å². The normalized spacial score (nSPS) is 29.4. The first-order valence-electron chi connectivity index (χ1n) is 8.22. The average molecular weight is 340 g/mol. The number of hydrogen-bond acceptors (Lipinski definition) is 3. The number of piperidine rings is 1. The fourth-order valence-electron chi connectivity index (χ4n) is 4.17. The Hall–Kier alpha value is -1.10. The number of rotatable bonds is 4. The number of carbonyl (C=O) groups excluding carboxylic acids is 1. The topological polar surface area (TPSA) is 46.5 Å². The van der Waals surface area contributed by atoms with Crippen LogP contribution in [0.25, 0.3) is 0 Å². The van der Waals surface area contributed by atoms with E-state index in [2.05, 4.69) is 14.1 Å². The summed E-state index contributed by atoms with van der Waals surface area (Å²) in [6.07, 6.45) is 4.36. The maximum absolute atomic E-state index is 12.5.